The zero-order chi connectivity index (χ0) is 19.9. The summed E-state index contributed by atoms with van der Waals surface area (Å²) in [5.74, 6) is -0.396. The Morgan fingerprint density at radius 3 is 2.41 bits per heavy atom. The van der Waals surface area contributed by atoms with Gasteiger partial charge in [-0.25, -0.2) is 0 Å². The molecule has 2 rings (SSSR count). The molecule has 0 heterocycles. The van der Waals surface area contributed by atoms with Gasteiger partial charge in [0.05, 0.1) is 0 Å². The van der Waals surface area contributed by atoms with E-state index in [1.807, 2.05) is 55.4 Å². The summed E-state index contributed by atoms with van der Waals surface area (Å²) in [5.41, 5.74) is 7.26. The molecule has 0 radical (unpaired) electrons. The lowest BCUT2D eigenvalue weighted by Crippen LogP contribution is -2.48. The molecule has 1 atom stereocenters. The number of nitrogens with zero attached hydrogens (tertiary/aromatic N) is 1. The van der Waals surface area contributed by atoms with Gasteiger partial charge in [0.25, 0.3) is 5.91 Å². The lowest BCUT2D eigenvalue weighted by Gasteiger charge is -2.24. The second-order valence-corrected chi connectivity index (χ2v) is 7.01. The minimum absolute atomic E-state index is 0.127. The van der Waals surface area contributed by atoms with E-state index < -0.39 is 5.54 Å². The Labute approximate surface area is 160 Å². The lowest BCUT2D eigenvalue weighted by molar-refractivity contribution is -0.126. The van der Waals surface area contributed by atoms with Crippen LogP contribution >= 0.6 is 0 Å². The van der Waals surface area contributed by atoms with Crippen LogP contribution < -0.4 is 16.4 Å². The highest BCUT2D eigenvalue weighted by Gasteiger charge is 2.29. The molecule has 2 amide bonds. The molecule has 144 valence electrons. The van der Waals surface area contributed by atoms with E-state index in [4.69, 9.17) is 5.73 Å². The van der Waals surface area contributed by atoms with Gasteiger partial charge in [-0.2, -0.15) is 0 Å². The van der Waals surface area contributed by atoms with E-state index in [0.29, 0.717) is 18.7 Å². The molecule has 0 fully saturated rings. The highest BCUT2D eigenvalue weighted by atomic mass is 16.2. The Morgan fingerprint density at radius 1 is 1.04 bits per heavy atom. The van der Waals surface area contributed by atoms with E-state index >= 15 is 0 Å². The molecule has 2 aromatic rings. The highest BCUT2D eigenvalue weighted by molar-refractivity contribution is 5.94. The first-order chi connectivity index (χ1) is 12.8. The normalized spacial score (nSPS) is 13.1. The second kappa shape index (κ2) is 9.30. The van der Waals surface area contributed by atoms with Crippen LogP contribution in [0.25, 0.3) is 0 Å². The molecular formula is C21H28N4O2. The van der Waals surface area contributed by atoms with Crippen LogP contribution in [-0.4, -0.2) is 43.9 Å². The van der Waals surface area contributed by atoms with E-state index in [1.165, 1.54) is 0 Å². The molecule has 27 heavy (non-hydrogen) atoms. The van der Waals surface area contributed by atoms with Gasteiger partial charge in [0, 0.05) is 25.2 Å². The smallest absolute Gasteiger partial charge is 0.251 e. The van der Waals surface area contributed by atoms with Crippen molar-refractivity contribution in [2.45, 2.75) is 19.0 Å². The quantitative estimate of drug-likeness (QED) is 0.658. The predicted octanol–water partition coefficient (Wildman–Crippen LogP) is 1.47. The van der Waals surface area contributed by atoms with Gasteiger partial charge < -0.3 is 21.3 Å². The van der Waals surface area contributed by atoms with Crippen LogP contribution in [0.1, 0.15) is 28.4 Å². The van der Waals surface area contributed by atoms with E-state index in [-0.39, 0.29) is 11.8 Å². The van der Waals surface area contributed by atoms with E-state index in [1.54, 1.807) is 25.1 Å². The third kappa shape index (κ3) is 5.91. The van der Waals surface area contributed by atoms with Crippen molar-refractivity contribution < 1.29 is 9.59 Å². The summed E-state index contributed by atoms with van der Waals surface area (Å²) >= 11 is 0. The third-order valence-corrected chi connectivity index (χ3v) is 4.33. The molecule has 0 spiro atoms. The number of amides is 2. The van der Waals surface area contributed by atoms with Crippen LogP contribution in [0, 0.1) is 0 Å². The second-order valence-electron chi connectivity index (χ2n) is 7.01. The lowest BCUT2D eigenvalue weighted by atomic mass is 9.92. The van der Waals surface area contributed by atoms with Crippen LogP contribution in [0.4, 0.5) is 0 Å². The summed E-state index contributed by atoms with van der Waals surface area (Å²) in [5, 5.41) is 5.74. The Bertz CT molecular complexity index is 773. The zero-order valence-corrected chi connectivity index (χ0v) is 16.2. The number of benzene rings is 2. The average Bonchev–Trinajstić information content (AvgIpc) is 2.66. The van der Waals surface area contributed by atoms with Crippen molar-refractivity contribution in [1.29, 1.82) is 0 Å². The number of hydrogen-bond acceptors (Lipinski definition) is 4. The summed E-state index contributed by atoms with van der Waals surface area (Å²) in [4.78, 5) is 26.8. The Kier molecular flexibility index (Phi) is 7.10. The molecule has 2 aromatic carbocycles. The molecular weight excluding hydrogens is 340 g/mol. The minimum atomic E-state index is -1.12. The Morgan fingerprint density at radius 2 is 1.74 bits per heavy atom. The highest BCUT2D eigenvalue weighted by Crippen LogP contribution is 2.17. The summed E-state index contributed by atoms with van der Waals surface area (Å²) in [6.07, 6.45) is 0. The number of carbonyl (C=O) groups excluding carboxylic acids is 2. The maximum absolute atomic E-state index is 12.5. The predicted molar refractivity (Wildman–Crippen MR) is 107 cm³/mol. The van der Waals surface area contributed by atoms with Crippen LogP contribution in [0.3, 0.4) is 0 Å². The van der Waals surface area contributed by atoms with Crippen molar-refractivity contribution in [3.05, 3.63) is 71.3 Å². The molecule has 4 N–H and O–H groups in total. The molecule has 0 aliphatic heterocycles. The number of hydrogen-bond donors (Lipinski definition) is 3. The monoisotopic (exact) mass is 368 g/mol. The fraction of sp³-hybridized carbons (Fsp3) is 0.333. The molecule has 0 aromatic heterocycles. The maximum Gasteiger partial charge on any atom is 0.251 e. The number of carbonyl (C=O) groups is 2. The maximum atomic E-state index is 12.5. The Balaban J connectivity index is 1.96. The van der Waals surface area contributed by atoms with Crippen LogP contribution in [-0.2, 0) is 16.9 Å². The number of nitrogens with two attached hydrogens (primary N) is 1. The van der Waals surface area contributed by atoms with Gasteiger partial charge in [-0.1, -0.05) is 42.5 Å². The van der Waals surface area contributed by atoms with Crippen molar-refractivity contribution in [1.82, 2.24) is 15.5 Å². The fourth-order valence-corrected chi connectivity index (χ4v) is 2.60. The van der Waals surface area contributed by atoms with Gasteiger partial charge in [0.2, 0.25) is 5.91 Å². The van der Waals surface area contributed by atoms with E-state index in [9.17, 15) is 9.59 Å². The van der Waals surface area contributed by atoms with Gasteiger partial charge in [0.1, 0.15) is 5.54 Å². The Hall–Kier alpha value is -2.70. The number of likely N-dealkylation sites (N-methyl/N-ethyl adjacent to an activating group) is 1. The van der Waals surface area contributed by atoms with Gasteiger partial charge in [-0.15, -0.1) is 0 Å². The molecule has 0 aliphatic rings. The summed E-state index contributed by atoms with van der Waals surface area (Å²) in [7, 11) is 3.91. The van der Waals surface area contributed by atoms with Gasteiger partial charge >= 0.3 is 0 Å². The summed E-state index contributed by atoms with van der Waals surface area (Å²) in [6, 6.07) is 16.5. The van der Waals surface area contributed by atoms with Gasteiger partial charge in [-0.05, 0) is 44.3 Å². The molecule has 0 aliphatic carbocycles. The first-order valence-corrected chi connectivity index (χ1v) is 8.95. The van der Waals surface area contributed by atoms with E-state index in [0.717, 1.165) is 17.7 Å². The largest absolute Gasteiger partial charge is 0.351 e. The summed E-state index contributed by atoms with van der Waals surface area (Å²) in [6.45, 7) is 3.34. The van der Waals surface area contributed by atoms with Crippen LogP contribution in [0.5, 0.6) is 0 Å². The number of rotatable bonds is 8. The molecule has 0 saturated heterocycles. The topological polar surface area (TPSA) is 87.5 Å². The minimum Gasteiger partial charge on any atom is -0.351 e. The van der Waals surface area contributed by atoms with Crippen molar-refractivity contribution in [3.8, 4) is 0 Å². The third-order valence-electron chi connectivity index (χ3n) is 4.33. The molecule has 0 saturated carbocycles. The molecule has 6 nitrogen and oxygen atoms in total. The number of nitrogens with one attached hydrogen (secondary N) is 2. The van der Waals surface area contributed by atoms with Crippen molar-refractivity contribution >= 4 is 11.8 Å². The van der Waals surface area contributed by atoms with Crippen molar-refractivity contribution in [3.63, 3.8) is 0 Å². The molecule has 1 unspecified atom stereocenters. The van der Waals surface area contributed by atoms with Crippen LogP contribution in [0.2, 0.25) is 0 Å². The average molecular weight is 368 g/mol. The SMILES string of the molecule is CN(C)CCNC(=O)c1cccc(CNC(=O)C(C)(N)c2ccccc2)c1. The zero-order valence-electron chi connectivity index (χ0n) is 16.2. The van der Waals surface area contributed by atoms with Crippen molar-refractivity contribution in [2.24, 2.45) is 5.73 Å². The first kappa shape index (κ1) is 20.6. The van der Waals surface area contributed by atoms with Gasteiger partial charge in [-0.3, -0.25) is 9.59 Å². The summed E-state index contributed by atoms with van der Waals surface area (Å²) < 4.78 is 0. The first-order valence-electron chi connectivity index (χ1n) is 8.95. The standard InChI is InChI=1S/C21H28N4O2/c1-21(22,18-10-5-4-6-11-18)20(27)24-15-16-8-7-9-17(14-16)19(26)23-12-13-25(2)3/h4-11,14H,12-13,15,22H2,1-3H3,(H,23,26)(H,24,27). The van der Waals surface area contributed by atoms with Gasteiger partial charge in [0.15, 0.2) is 0 Å². The van der Waals surface area contributed by atoms with Crippen LogP contribution in [0.15, 0.2) is 54.6 Å². The molecule has 6 heteroatoms. The fourth-order valence-electron chi connectivity index (χ4n) is 2.60. The van der Waals surface area contributed by atoms with E-state index in [2.05, 4.69) is 10.6 Å². The molecule has 0 bridgehead atoms. The van der Waals surface area contributed by atoms with Crippen molar-refractivity contribution in [2.75, 3.05) is 27.2 Å².